The predicted octanol–water partition coefficient (Wildman–Crippen LogP) is 9.76. The number of fused-ring (bicyclic) bond motifs is 2. The summed E-state index contributed by atoms with van der Waals surface area (Å²) in [4.78, 5) is 33.4. The molecular formula is C67H93N3O8. The number of aliphatic hydroxyl groups is 4. The Bertz CT molecular complexity index is 2760. The van der Waals surface area contributed by atoms with Gasteiger partial charge in [-0.1, -0.05) is 68.5 Å². The lowest BCUT2D eigenvalue weighted by Crippen LogP contribution is -2.77. The molecule has 0 aromatic heterocycles. The highest BCUT2D eigenvalue weighted by Gasteiger charge is 2.81. The molecule has 2 aromatic carbocycles. The van der Waals surface area contributed by atoms with Crippen molar-refractivity contribution in [1.29, 1.82) is 0 Å². The van der Waals surface area contributed by atoms with Crippen LogP contribution in [-0.2, 0) is 26.3 Å². The van der Waals surface area contributed by atoms with Gasteiger partial charge in [-0.3, -0.25) is 9.59 Å². The van der Waals surface area contributed by atoms with Gasteiger partial charge < -0.3 is 46.6 Å². The number of carbonyl (C=O) groups excluding carboxylic acids is 2. The number of hydrogen-bond acceptors (Lipinski definition) is 11. The summed E-state index contributed by atoms with van der Waals surface area (Å²) < 4.78 is 6.85. The van der Waals surface area contributed by atoms with Crippen molar-refractivity contribution in [3.8, 4) is 5.75 Å². The number of epoxide rings is 1. The van der Waals surface area contributed by atoms with Crippen molar-refractivity contribution in [2.45, 2.75) is 203 Å². The molecule has 6 saturated carbocycles. The molecule has 0 unspecified atom stereocenters. The standard InChI is InChI=1S/C67H93N3O8/c1-61(77)22-5-6-23-64-24-9-15-55-62(2)56-21-20-51-57-49(32-53(74)59-63(3,78-59)50-14-8-13-47(50)42-11-7-12-45(68)30-42)48-29-39(36-71)16-17-41(48)18-19-43(37-72)67(56,33-52(58(62)64)70-38-61)65(51,34-54(57)75)25-10-26-66(55,60(64)76)44-27-40(35-69-4)28-46(73)31-44/h7,9,11-12,15,27-28,30-31,39,41,43,47-50,52-53,55-56,58-59,69-74,77H,5-6,8,10,13-14,16-26,29,32-38,68H2,1-4H3/t39-,41+,43-,47-,48+,49-,50+,52-,53+,55+,56+,58+,59+,61-,62-,63+,64-,65-,66+,67+/m0/s1. The van der Waals surface area contributed by atoms with Gasteiger partial charge >= 0.3 is 0 Å². The zero-order valence-corrected chi connectivity index (χ0v) is 47.4. The number of rotatable bonds is 10. The number of phenols is 1. The number of nitrogens with two attached hydrogens (primary N) is 1. The Morgan fingerprint density at radius 1 is 0.910 bits per heavy atom. The fraction of sp³-hybridized carbons (Fsp3) is 0.731. The van der Waals surface area contributed by atoms with Crippen LogP contribution in [0.25, 0.3) is 0 Å². The average Bonchev–Trinajstić information content (AvgIpc) is 1.66. The number of carbonyl (C=O) groups is 2. The van der Waals surface area contributed by atoms with Gasteiger partial charge in [0.2, 0.25) is 0 Å². The molecule has 2 saturated heterocycles. The molecule has 11 nitrogen and oxygen atoms in total. The number of β-amino-alcohol motifs (C(OH)–C–C–N with tert-alkyl or cyclic N) is 1. The largest absolute Gasteiger partial charge is 0.508 e. The fourth-order valence-corrected chi connectivity index (χ4v) is 22.9. The number of ketones is 2. The molecule has 2 heterocycles. The van der Waals surface area contributed by atoms with E-state index in [0.29, 0.717) is 63.3 Å². The molecule has 8 fully saturated rings. The lowest BCUT2D eigenvalue weighted by Gasteiger charge is -2.75. The lowest BCUT2D eigenvalue weighted by molar-refractivity contribution is -0.244. The Kier molecular flexibility index (Phi) is 13.4. The smallest absolute Gasteiger partial charge is 0.160 e. The number of aromatic hydroxyl groups is 1. The first-order valence-corrected chi connectivity index (χ1v) is 31.3. The summed E-state index contributed by atoms with van der Waals surface area (Å²) in [6.07, 6.45) is 20.2. The van der Waals surface area contributed by atoms with Gasteiger partial charge in [0.05, 0.1) is 22.7 Å². The van der Waals surface area contributed by atoms with Gasteiger partial charge in [-0.25, -0.2) is 0 Å². The third-order valence-electron chi connectivity index (χ3n) is 25.6. The molecule has 0 radical (unpaired) electrons. The highest BCUT2D eigenvalue weighted by Crippen LogP contribution is 2.82. The van der Waals surface area contributed by atoms with Crippen molar-refractivity contribution in [2.24, 2.45) is 74.9 Å². The zero-order valence-electron chi connectivity index (χ0n) is 47.4. The summed E-state index contributed by atoms with van der Waals surface area (Å²) in [6.45, 7) is 7.84. The monoisotopic (exact) mass is 1070 g/mol. The zero-order chi connectivity index (χ0) is 54.4. The van der Waals surface area contributed by atoms with Crippen molar-refractivity contribution in [2.75, 3.05) is 32.5 Å². The molecule has 12 aliphatic rings. The molecular weight excluding hydrogens is 975 g/mol. The Balaban J connectivity index is 0.999. The predicted molar refractivity (Wildman–Crippen MR) is 302 cm³/mol. The van der Waals surface area contributed by atoms with Crippen LogP contribution in [0.1, 0.15) is 178 Å². The highest BCUT2D eigenvalue weighted by atomic mass is 16.6. The molecule has 78 heavy (non-hydrogen) atoms. The second-order valence-corrected chi connectivity index (χ2v) is 29.0. The maximum atomic E-state index is 17.1. The number of hydrogen-bond donors (Lipinski definition) is 8. The van der Waals surface area contributed by atoms with E-state index in [9.17, 15) is 25.5 Å². The summed E-state index contributed by atoms with van der Waals surface area (Å²) in [6, 6.07) is 14.1. The first kappa shape index (κ1) is 53.9. The number of benzene rings is 2. The summed E-state index contributed by atoms with van der Waals surface area (Å²) in [5.41, 5.74) is 7.74. The fourth-order valence-electron chi connectivity index (χ4n) is 22.9. The van der Waals surface area contributed by atoms with Crippen molar-refractivity contribution >= 4 is 17.3 Å². The minimum Gasteiger partial charge on any atom is -0.508 e. The second kappa shape index (κ2) is 19.3. The molecule has 10 aliphatic carbocycles. The first-order valence-electron chi connectivity index (χ1n) is 31.3. The lowest BCUT2D eigenvalue weighted by atomic mass is 9.28. The van der Waals surface area contributed by atoms with Crippen molar-refractivity contribution in [1.82, 2.24) is 10.6 Å². The van der Waals surface area contributed by atoms with E-state index in [1.165, 1.54) is 11.1 Å². The van der Waals surface area contributed by atoms with Gasteiger partial charge in [-0.05, 0) is 240 Å². The molecule has 2 aromatic rings. The van der Waals surface area contributed by atoms with E-state index in [4.69, 9.17) is 10.5 Å². The van der Waals surface area contributed by atoms with Crippen LogP contribution < -0.4 is 16.4 Å². The Morgan fingerprint density at radius 2 is 1.73 bits per heavy atom. The van der Waals surface area contributed by atoms with Crippen LogP contribution >= 0.6 is 0 Å². The Morgan fingerprint density at radius 3 is 2.53 bits per heavy atom. The van der Waals surface area contributed by atoms with E-state index >= 15 is 9.59 Å². The van der Waals surface area contributed by atoms with E-state index in [0.717, 1.165) is 119 Å². The van der Waals surface area contributed by atoms with Gasteiger partial charge in [0.25, 0.3) is 0 Å². The molecule has 424 valence electrons. The van der Waals surface area contributed by atoms with E-state index in [1.807, 2.05) is 38.2 Å². The van der Waals surface area contributed by atoms with Gasteiger partial charge in [-0.2, -0.15) is 0 Å². The Hall–Kier alpha value is -3.42. The van der Waals surface area contributed by atoms with Crippen molar-refractivity contribution in [3.05, 3.63) is 82.5 Å². The van der Waals surface area contributed by atoms with Crippen LogP contribution in [0.4, 0.5) is 5.69 Å². The number of anilines is 1. The molecule has 9 N–H and O–H groups in total. The molecule has 9 bridgehead atoms. The highest BCUT2D eigenvalue weighted by molar-refractivity contribution is 6.01. The summed E-state index contributed by atoms with van der Waals surface area (Å²) in [5, 5.41) is 67.9. The third-order valence-corrected chi connectivity index (χ3v) is 25.6. The number of ether oxygens (including phenoxy) is 1. The van der Waals surface area contributed by atoms with E-state index in [1.54, 1.807) is 0 Å². The molecule has 11 heteroatoms. The minimum absolute atomic E-state index is 0.0179. The van der Waals surface area contributed by atoms with Crippen LogP contribution in [0.3, 0.4) is 0 Å². The summed E-state index contributed by atoms with van der Waals surface area (Å²) in [5.74, 6) is 1.16. The van der Waals surface area contributed by atoms with Crippen molar-refractivity contribution in [3.63, 3.8) is 0 Å². The number of aliphatic hydroxyl groups excluding tert-OH is 3. The molecule has 3 spiro atoms. The summed E-state index contributed by atoms with van der Waals surface area (Å²) >= 11 is 0. The number of nitrogen functional groups attached to an aromatic ring is 1. The van der Waals surface area contributed by atoms with E-state index < -0.39 is 44.4 Å². The Labute approximate surface area is 464 Å². The number of phenolic OH excluding ortho intramolecular Hbond substituents is 1. The number of allylic oxidation sites excluding steroid dienone is 4. The van der Waals surface area contributed by atoms with Gasteiger partial charge in [0.15, 0.2) is 11.6 Å². The van der Waals surface area contributed by atoms with Crippen LogP contribution in [-0.4, -0.2) is 93.4 Å². The van der Waals surface area contributed by atoms with E-state index in [-0.39, 0.29) is 90.2 Å². The molecule has 2 aliphatic heterocycles. The molecule has 14 rings (SSSR count). The van der Waals surface area contributed by atoms with Gasteiger partial charge in [-0.15, -0.1) is 0 Å². The van der Waals surface area contributed by atoms with Gasteiger partial charge in [0, 0.05) is 55.3 Å². The minimum atomic E-state index is -0.949. The van der Waals surface area contributed by atoms with E-state index in [2.05, 4.69) is 54.8 Å². The van der Waals surface area contributed by atoms with Gasteiger partial charge in [0.1, 0.15) is 11.9 Å². The second-order valence-electron chi connectivity index (χ2n) is 29.0. The maximum absolute atomic E-state index is 17.1. The van der Waals surface area contributed by atoms with Crippen LogP contribution in [0.2, 0.25) is 0 Å². The van der Waals surface area contributed by atoms with Crippen LogP contribution in [0.15, 0.2) is 65.8 Å². The third kappa shape index (κ3) is 7.64. The van der Waals surface area contributed by atoms with Crippen molar-refractivity contribution < 1.29 is 39.9 Å². The first-order chi connectivity index (χ1) is 37.4. The average molecular weight is 1070 g/mol. The summed E-state index contributed by atoms with van der Waals surface area (Å²) in [7, 11) is 1.92. The number of nitrogens with one attached hydrogen (secondary N) is 2. The van der Waals surface area contributed by atoms with Crippen LogP contribution in [0.5, 0.6) is 5.75 Å². The topological polar surface area (TPSA) is 198 Å². The number of Topliss-reactive ketones (excluding diaryl/α,β-unsaturated/α-hetero) is 2. The SMILES string of the molecule is CNCc1cc(O)cc([C@]23CCC[C@]45CC(=O)C6=C4CC[C@@H]4[C@]7(C)[C@H]2C=CC[C@]2(CCCC[C@](C)(O)CN[C@@H](C[C@@]45[C@H](CO)CC[C@H]4CC[C@H](CO)C[C@H]4[C@@H]6C[C@@H](O)[C@H]4O[C@]4(C)[C@@H]4CCC[C@H]4c4cccc(N)c4)[C@@H]27)C3=O)c1. The van der Waals surface area contributed by atoms with Crippen LogP contribution in [0, 0.1) is 74.9 Å². The quantitative estimate of drug-likeness (QED) is 0.0641. The maximum Gasteiger partial charge on any atom is 0.160 e. The normalized spacial score (nSPS) is 46.9. The molecule has 0 amide bonds. The molecule has 20 atom stereocenters.